The van der Waals surface area contributed by atoms with Crippen molar-refractivity contribution in [2.75, 3.05) is 19.7 Å². The van der Waals surface area contributed by atoms with Gasteiger partial charge in [-0.1, -0.05) is 5.16 Å². The van der Waals surface area contributed by atoms with Crippen LogP contribution in [0, 0.1) is 6.92 Å². The Morgan fingerprint density at radius 2 is 2.14 bits per heavy atom. The second-order valence-electron chi connectivity index (χ2n) is 8.27. The minimum absolute atomic E-state index is 0.00304. The van der Waals surface area contributed by atoms with Gasteiger partial charge in [0, 0.05) is 38.0 Å². The fourth-order valence-electron chi connectivity index (χ4n) is 4.25. The average Bonchev–Trinajstić information content (AvgIpc) is 3.36. The van der Waals surface area contributed by atoms with Crippen molar-refractivity contribution < 1.29 is 24.0 Å². The normalized spacial score (nSPS) is 26.4. The van der Waals surface area contributed by atoms with Crippen molar-refractivity contribution in [1.29, 1.82) is 0 Å². The van der Waals surface area contributed by atoms with E-state index in [4.69, 9.17) is 9.26 Å². The summed E-state index contributed by atoms with van der Waals surface area (Å²) >= 11 is 0. The SMILES string of the molecule is Cc1cc(C(=O)N[C@H]2COC3(CCN(C(=O)c4cc[nH]c4)CC3)C[C@]2(C)O)no1. The Morgan fingerprint density at radius 3 is 2.72 bits per heavy atom. The van der Waals surface area contributed by atoms with Crippen LogP contribution in [0.5, 0.6) is 0 Å². The summed E-state index contributed by atoms with van der Waals surface area (Å²) in [7, 11) is 0. The summed E-state index contributed by atoms with van der Waals surface area (Å²) in [5.74, 6) is 0.136. The predicted molar refractivity (Wildman–Crippen MR) is 102 cm³/mol. The van der Waals surface area contributed by atoms with Gasteiger partial charge >= 0.3 is 0 Å². The molecule has 9 nitrogen and oxygen atoms in total. The van der Waals surface area contributed by atoms with E-state index in [1.807, 2.05) is 4.90 Å². The highest BCUT2D eigenvalue weighted by Gasteiger charge is 2.50. The number of aromatic nitrogens is 2. The number of piperidine rings is 1. The summed E-state index contributed by atoms with van der Waals surface area (Å²) in [6, 6.07) is 2.75. The summed E-state index contributed by atoms with van der Waals surface area (Å²) < 4.78 is 11.1. The second kappa shape index (κ2) is 7.31. The lowest BCUT2D eigenvalue weighted by Crippen LogP contribution is -2.64. The molecule has 2 atom stereocenters. The summed E-state index contributed by atoms with van der Waals surface area (Å²) in [4.78, 5) is 29.6. The van der Waals surface area contributed by atoms with Gasteiger partial charge in [-0.2, -0.15) is 0 Å². The Hall–Kier alpha value is -2.65. The van der Waals surface area contributed by atoms with Crippen LogP contribution in [0.25, 0.3) is 0 Å². The lowest BCUT2D eigenvalue weighted by Gasteiger charge is -2.51. The number of nitrogens with one attached hydrogen (secondary N) is 2. The number of ether oxygens (including phenoxy) is 1. The molecule has 4 heterocycles. The fraction of sp³-hybridized carbons (Fsp3) is 0.550. The Labute approximate surface area is 168 Å². The van der Waals surface area contributed by atoms with Gasteiger partial charge in [0.05, 0.1) is 29.4 Å². The van der Waals surface area contributed by atoms with Crippen LogP contribution in [-0.2, 0) is 4.74 Å². The molecular weight excluding hydrogens is 376 g/mol. The highest BCUT2D eigenvalue weighted by Crippen LogP contribution is 2.39. The van der Waals surface area contributed by atoms with Crippen molar-refractivity contribution in [2.45, 2.75) is 50.4 Å². The molecule has 2 aromatic heterocycles. The third-order valence-electron chi connectivity index (χ3n) is 5.96. The van der Waals surface area contributed by atoms with Crippen molar-refractivity contribution in [3.05, 3.63) is 41.5 Å². The maximum absolute atomic E-state index is 12.5. The molecule has 0 radical (unpaired) electrons. The van der Waals surface area contributed by atoms with E-state index in [1.54, 1.807) is 38.4 Å². The number of rotatable bonds is 3. The molecule has 3 N–H and O–H groups in total. The van der Waals surface area contributed by atoms with E-state index >= 15 is 0 Å². The first-order chi connectivity index (χ1) is 13.8. The van der Waals surface area contributed by atoms with E-state index in [9.17, 15) is 14.7 Å². The number of carbonyl (C=O) groups is 2. The molecule has 1 spiro atoms. The van der Waals surface area contributed by atoms with E-state index < -0.39 is 23.2 Å². The maximum atomic E-state index is 12.5. The molecule has 4 rings (SSSR count). The average molecular weight is 402 g/mol. The predicted octanol–water partition coefficient (Wildman–Crippen LogP) is 1.26. The minimum Gasteiger partial charge on any atom is -0.388 e. The first kappa shape index (κ1) is 19.7. The van der Waals surface area contributed by atoms with Crippen LogP contribution in [0.2, 0.25) is 0 Å². The number of aromatic amines is 1. The van der Waals surface area contributed by atoms with Gasteiger partial charge < -0.3 is 29.6 Å². The Kier molecular flexibility index (Phi) is 4.95. The van der Waals surface area contributed by atoms with Gasteiger partial charge in [0.1, 0.15) is 5.76 Å². The lowest BCUT2D eigenvalue weighted by atomic mass is 9.75. The lowest BCUT2D eigenvalue weighted by molar-refractivity contribution is -0.183. The van der Waals surface area contributed by atoms with Crippen molar-refractivity contribution >= 4 is 11.8 Å². The Bertz CT molecular complexity index is 881. The largest absolute Gasteiger partial charge is 0.388 e. The number of hydrogen-bond acceptors (Lipinski definition) is 6. The third kappa shape index (κ3) is 3.92. The molecule has 156 valence electrons. The summed E-state index contributed by atoms with van der Waals surface area (Å²) in [6.45, 7) is 4.75. The van der Waals surface area contributed by atoms with Crippen LogP contribution in [0.15, 0.2) is 29.0 Å². The van der Waals surface area contributed by atoms with Gasteiger partial charge in [-0.15, -0.1) is 0 Å². The molecule has 9 heteroatoms. The van der Waals surface area contributed by atoms with Crippen LogP contribution in [0.4, 0.5) is 0 Å². The molecule has 0 aromatic carbocycles. The van der Waals surface area contributed by atoms with Crippen LogP contribution in [-0.4, -0.2) is 68.9 Å². The zero-order valence-corrected chi connectivity index (χ0v) is 16.6. The number of hydrogen-bond donors (Lipinski definition) is 3. The van der Waals surface area contributed by atoms with Gasteiger partial charge in [-0.05, 0) is 32.8 Å². The number of likely N-dealkylation sites (tertiary alicyclic amines) is 1. The van der Waals surface area contributed by atoms with Crippen LogP contribution in [0.3, 0.4) is 0 Å². The standard InChI is InChI=1S/C20H26N4O5/c1-13-9-15(23-29-13)17(25)22-16-11-28-20(12-19(16,2)27)4-7-24(8-5-20)18(26)14-3-6-21-10-14/h3,6,9-10,16,21,27H,4-5,7-8,11-12H2,1-2H3,(H,22,25)/t16-,19-/m0/s1. The molecular formula is C20H26N4O5. The topological polar surface area (TPSA) is 121 Å². The summed E-state index contributed by atoms with van der Waals surface area (Å²) in [5.41, 5.74) is -0.817. The van der Waals surface area contributed by atoms with Gasteiger partial charge in [0.25, 0.3) is 11.8 Å². The number of aliphatic hydroxyl groups is 1. The molecule has 0 bridgehead atoms. The molecule has 2 saturated heterocycles. The van der Waals surface area contributed by atoms with E-state index in [1.165, 1.54) is 0 Å². The summed E-state index contributed by atoms with van der Waals surface area (Å²) in [5, 5.41) is 17.6. The van der Waals surface area contributed by atoms with Crippen molar-refractivity contribution in [3.8, 4) is 0 Å². The number of H-pyrrole nitrogens is 1. The highest BCUT2D eigenvalue weighted by molar-refractivity contribution is 5.94. The number of nitrogens with zero attached hydrogens (tertiary/aromatic N) is 2. The van der Waals surface area contributed by atoms with Crippen molar-refractivity contribution in [1.82, 2.24) is 20.4 Å². The monoisotopic (exact) mass is 402 g/mol. The minimum atomic E-state index is -1.14. The van der Waals surface area contributed by atoms with Crippen LogP contribution in [0.1, 0.15) is 52.8 Å². The highest BCUT2D eigenvalue weighted by atomic mass is 16.5. The molecule has 0 aliphatic carbocycles. The van der Waals surface area contributed by atoms with Gasteiger partial charge in [0.15, 0.2) is 5.69 Å². The summed E-state index contributed by atoms with van der Waals surface area (Å²) in [6.07, 6.45) is 5.09. The molecule has 2 aliphatic heterocycles. The fourth-order valence-corrected chi connectivity index (χ4v) is 4.25. The first-order valence-electron chi connectivity index (χ1n) is 9.81. The van der Waals surface area contributed by atoms with Crippen LogP contribution < -0.4 is 5.32 Å². The van der Waals surface area contributed by atoms with Crippen molar-refractivity contribution in [3.63, 3.8) is 0 Å². The van der Waals surface area contributed by atoms with Crippen molar-refractivity contribution in [2.24, 2.45) is 0 Å². The van der Waals surface area contributed by atoms with E-state index in [0.717, 1.165) is 0 Å². The third-order valence-corrected chi connectivity index (χ3v) is 5.96. The quantitative estimate of drug-likeness (QED) is 0.711. The zero-order chi connectivity index (χ0) is 20.6. The molecule has 0 saturated carbocycles. The Balaban J connectivity index is 1.36. The first-order valence-corrected chi connectivity index (χ1v) is 9.81. The van der Waals surface area contributed by atoms with Gasteiger partial charge in [-0.25, -0.2) is 0 Å². The van der Waals surface area contributed by atoms with Gasteiger partial charge in [-0.3, -0.25) is 9.59 Å². The van der Waals surface area contributed by atoms with E-state index in [0.29, 0.717) is 43.7 Å². The van der Waals surface area contributed by atoms with Gasteiger partial charge in [0.2, 0.25) is 0 Å². The number of carbonyl (C=O) groups excluding carboxylic acids is 2. The smallest absolute Gasteiger partial charge is 0.273 e. The molecule has 2 fully saturated rings. The molecule has 2 aromatic rings. The maximum Gasteiger partial charge on any atom is 0.273 e. The second-order valence-corrected chi connectivity index (χ2v) is 8.27. The molecule has 2 amide bonds. The van der Waals surface area contributed by atoms with E-state index in [2.05, 4.69) is 15.5 Å². The van der Waals surface area contributed by atoms with E-state index in [-0.39, 0.29) is 18.2 Å². The van der Waals surface area contributed by atoms with Crippen LogP contribution >= 0.6 is 0 Å². The number of aryl methyl sites for hydroxylation is 1. The molecule has 2 aliphatic rings. The zero-order valence-electron chi connectivity index (χ0n) is 16.6. The molecule has 29 heavy (non-hydrogen) atoms. The Morgan fingerprint density at radius 1 is 1.38 bits per heavy atom. The number of amides is 2. The molecule has 0 unspecified atom stereocenters.